The maximum Gasteiger partial charge on any atom is 0.410 e. The Morgan fingerprint density at radius 1 is 0.486 bits per heavy atom. The Kier molecular flexibility index (Phi) is 36.3. The molecule has 4 N–H and O–H groups in total. The smallest absolute Gasteiger partial charge is 0.410 e. The van der Waals surface area contributed by atoms with Gasteiger partial charge in [0.05, 0.1) is 82.3 Å². The van der Waals surface area contributed by atoms with E-state index in [4.69, 9.17) is 33.6 Å². The number of benzene rings is 1. The summed E-state index contributed by atoms with van der Waals surface area (Å²) < 4.78 is 54.4. The van der Waals surface area contributed by atoms with Crippen LogP contribution in [-0.2, 0) is 69.2 Å². The van der Waals surface area contributed by atoms with Crippen LogP contribution in [0.15, 0.2) is 30.3 Å². The molecule has 9 saturated heterocycles. The molecule has 9 aliphatic rings. The molecular formula is C76H131N13O21S. The third-order valence-electron chi connectivity index (χ3n) is 20.6. The van der Waals surface area contributed by atoms with Gasteiger partial charge in [-0.2, -0.15) is 14.4 Å². The van der Waals surface area contributed by atoms with Crippen molar-refractivity contribution in [2.24, 2.45) is 0 Å². The lowest BCUT2D eigenvalue weighted by atomic mass is 10.0. The van der Waals surface area contributed by atoms with Gasteiger partial charge in [-0.15, -0.1) is 0 Å². The minimum absolute atomic E-state index is 0.0535. The monoisotopic (exact) mass is 1590 g/mol. The molecule has 35 heteroatoms. The van der Waals surface area contributed by atoms with Gasteiger partial charge in [-0.3, -0.25) is 38.9 Å². The lowest BCUT2D eigenvalue weighted by Gasteiger charge is -2.39. The summed E-state index contributed by atoms with van der Waals surface area (Å²) in [6.07, 6.45) is 17.3. The summed E-state index contributed by atoms with van der Waals surface area (Å²) in [5.74, 6) is -1.36. The highest BCUT2D eigenvalue weighted by atomic mass is 32.3. The highest BCUT2D eigenvalue weighted by Gasteiger charge is 2.51. The second kappa shape index (κ2) is 43.4. The lowest BCUT2D eigenvalue weighted by Crippen LogP contribution is -2.50. The van der Waals surface area contributed by atoms with Crippen molar-refractivity contribution in [3.05, 3.63) is 35.9 Å². The summed E-state index contributed by atoms with van der Waals surface area (Å²) in [5.41, 5.74) is 6.40. The van der Waals surface area contributed by atoms with Crippen molar-refractivity contribution in [1.82, 2.24) is 61.0 Å². The Morgan fingerprint density at radius 3 is 1.15 bits per heavy atom. The number of rotatable bonds is 29. The van der Waals surface area contributed by atoms with Gasteiger partial charge in [0.1, 0.15) is 41.5 Å². The second-order valence-corrected chi connectivity index (χ2v) is 33.6. The number of carbonyl (C=O) groups is 9. The molecule has 111 heavy (non-hydrogen) atoms. The van der Waals surface area contributed by atoms with E-state index in [1.54, 1.807) is 40.4 Å². The van der Waals surface area contributed by atoms with E-state index in [-0.39, 0.29) is 93.5 Å². The molecule has 9 heterocycles. The number of piperidine rings is 3. The molecule has 0 aliphatic carbocycles. The molecule has 0 unspecified atom stereocenters. The van der Waals surface area contributed by atoms with Gasteiger partial charge in [0.15, 0.2) is 0 Å². The van der Waals surface area contributed by atoms with Crippen molar-refractivity contribution in [2.75, 3.05) is 85.3 Å². The molecule has 1 aromatic rings. The number of hydroxylamine groups is 9. The Hall–Kier alpha value is -7.12. The van der Waals surface area contributed by atoms with E-state index in [1.807, 2.05) is 85.7 Å². The molecule has 9 fully saturated rings. The van der Waals surface area contributed by atoms with Crippen LogP contribution in [0.3, 0.4) is 0 Å². The van der Waals surface area contributed by atoms with E-state index < -0.39 is 81.3 Å². The predicted octanol–water partition coefficient (Wildman–Crippen LogP) is 10.0. The topological polar surface area (TPSA) is 370 Å². The zero-order valence-electron chi connectivity index (χ0n) is 68.6. The van der Waals surface area contributed by atoms with Crippen LogP contribution in [0.1, 0.15) is 238 Å². The lowest BCUT2D eigenvalue weighted by molar-refractivity contribution is -0.929. The third-order valence-corrected chi connectivity index (χ3v) is 20.9. The van der Waals surface area contributed by atoms with Gasteiger partial charge < -0.3 is 52.6 Å². The first kappa shape index (κ1) is 92.7. The van der Waals surface area contributed by atoms with Crippen LogP contribution >= 0.6 is 0 Å². The van der Waals surface area contributed by atoms with Crippen molar-refractivity contribution < 1.29 is 104 Å². The van der Waals surface area contributed by atoms with E-state index in [0.29, 0.717) is 81.6 Å². The summed E-state index contributed by atoms with van der Waals surface area (Å²) in [7, 11) is -5.10. The number of nitrogens with zero attached hydrogens (tertiary/aromatic N) is 10. The van der Waals surface area contributed by atoms with Gasteiger partial charge >= 0.3 is 36.4 Å². The minimum atomic E-state index is -5.10. The molecule has 0 aromatic heterocycles. The quantitative estimate of drug-likeness (QED) is 0.0145. The Balaban J connectivity index is 0.000000235. The van der Waals surface area contributed by atoms with Gasteiger partial charge in [-0.05, 0) is 171 Å². The van der Waals surface area contributed by atoms with Gasteiger partial charge in [0.25, 0.3) is 17.7 Å². The van der Waals surface area contributed by atoms with Gasteiger partial charge in [-0.25, -0.2) is 58.7 Å². The predicted molar refractivity (Wildman–Crippen MR) is 407 cm³/mol. The average molecular weight is 1600 g/mol. The molecule has 1 aromatic carbocycles. The average Bonchev–Trinajstić information content (AvgIpc) is 1.64. The number of amides is 12. The van der Waals surface area contributed by atoms with Crippen molar-refractivity contribution in [1.29, 1.82) is 0 Å². The summed E-state index contributed by atoms with van der Waals surface area (Å²) in [6.45, 7) is 38.5. The number of fused-ring (bicyclic) bond motifs is 6. The number of likely N-dealkylation sites (tertiary alicyclic amines) is 3. The van der Waals surface area contributed by atoms with Crippen LogP contribution in [-0.4, -0.2) is 278 Å². The van der Waals surface area contributed by atoms with Crippen molar-refractivity contribution in [3.63, 3.8) is 0 Å². The molecule has 0 spiro atoms. The first-order valence-electron chi connectivity index (χ1n) is 40.4. The van der Waals surface area contributed by atoms with Gasteiger partial charge in [0, 0.05) is 39.3 Å². The van der Waals surface area contributed by atoms with E-state index >= 15 is 0 Å². The number of unbranched alkanes of at least 4 members (excludes halogenated alkanes) is 4. The normalized spacial score (nSPS) is 23.6. The van der Waals surface area contributed by atoms with Crippen molar-refractivity contribution in [2.45, 2.75) is 310 Å². The molecule has 12 amide bonds. The van der Waals surface area contributed by atoms with Crippen molar-refractivity contribution >= 4 is 64.5 Å². The molecule has 0 saturated carbocycles. The minimum Gasteiger partial charge on any atom is -0.724 e. The van der Waals surface area contributed by atoms with Crippen LogP contribution in [0.4, 0.5) is 28.8 Å². The standard InChI is InChI=1S/C24H34N4O6.C17H28N4O9S.C17H28N4O6.C16H36N.C2H6/c1-24(2,3)34-23(31)26-13-7-10-19(26)16-32-25-21(29)20-12-11-18-14-27(20)22(30)28(18)33-15-17-8-5-4-6-9-17;1-17(2,3)29-16(24)19-8-4-5-12(19)10-28-18-14(22)13-7-6-11-9-20(13)15(23)21(11)30-31(25,26)27;1-17(2,3)27-16(24)19-8-4-5-12(19)10-26-18-14(22)13-7-6-11-9-20(13)15(23)21(11)25;1-5-9-13-17(14-10-6-2,15-11-7-3)16-12-8-4;1-2/h4-6,8-9,18-20H,7,10-16H2,1-3H3,(H,25,29);11-13H,4-10H2,1-3H3,(H,18,22)(H,25,26,27);11-13,25H,4-10H2,1-3H3,(H,18,22);5-16H2,1-4H3;1-2H3/q;;;+1;/p-1/t18-,19+,20+;2*11-,12+,13+;;/m111../s1. The van der Waals surface area contributed by atoms with Crippen LogP contribution in [0, 0.1) is 0 Å². The molecule has 9 atom stereocenters. The molecule has 0 radical (unpaired) electrons. The Morgan fingerprint density at radius 2 is 0.811 bits per heavy atom. The van der Waals surface area contributed by atoms with Crippen molar-refractivity contribution in [3.8, 4) is 0 Å². The van der Waals surface area contributed by atoms with Crippen LogP contribution in [0.2, 0.25) is 0 Å². The largest absolute Gasteiger partial charge is 0.724 e. The summed E-state index contributed by atoms with van der Waals surface area (Å²) >= 11 is 0. The fourth-order valence-electron chi connectivity index (χ4n) is 15.0. The van der Waals surface area contributed by atoms with E-state index in [9.17, 15) is 61.3 Å². The highest BCUT2D eigenvalue weighted by Crippen LogP contribution is 2.34. The summed E-state index contributed by atoms with van der Waals surface area (Å²) in [5, 5.41) is 12.3. The second-order valence-electron chi connectivity index (χ2n) is 32.7. The van der Waals surface area contributed by atoms with Gasteiger partial charge in [0.2, 0.25) is 10.4 Å². The zero-order chi connectivity index (χ0) is 82.0. The fraction of sp³-hybridized carbons (Fsp3) is 0.803. The van der Waals surface area contributed by atoms with Crippen LogP contribution in [0.25, 0.3) is 0 Å². The first-order valence-corrected chi connectivity index (χ1v) is 41.7. The van der Waals surface area contributed by atoms with Crippen LogP contribution in [0.5, 0.6) is 0 Å². The number of carbonyl (C=O) groups excluding carboxylic acids is 9. The number of hydrogen-bond acceptors (Lipinski definition) is 21. The number of hydrogen-bond donors (Lipinski definition) is 4. The number of urea groups is 3. The number of ether oxygens (including phenoxy) is 3. The molecule has 6 bridgehead atoms. The summed E-state index contributed by atoms with van der Waals surface area (Å²) in [4.78, 5) is 143. The maximum atomic E-state index is 12.9. The highest BCUT2D eigenvalue weighted by molar-refractivity contribution is 7.80. The Bertz CT molecular complexity index is 3230. The van der Waals surface area contributed by atoms with E-state index in [1.165, 1.54) is 92.0 Å². The van der Waals surface area contributed by atoms with E-state index in [0.717, 1.165) is 42.6 Å². The molecule has 10 rings (SSSR count). The maximum absolute atomic E-state index is 12.9. The fourth-order valence-corrected chi connectivity index (χ4v) is 15.4. The molecule has 9 aliphatic heterocycles. The number of nitrogens with one attached hydrogen (secondary N) is 3. The van der Waals surface area contributed by atoms with Crippen LogP contribution < -0.4 is 16.4 Å². The SMILES string of the molecule is CC.CC(C)(C)OC(=O)N1CCC[C@H]1CONC(=O)[C@@H]1CC[C@@H]2CN1C(=O)N2O.CC(C)(C)OC(=O)N1CCC[C@H]1CONC(=O)[C@@H]1CC[C@@H]2CN1C(=O)N2OCc1ccccc1.CC(C)(C)OC(=O)N1CCC[C@H]1CONC(=O)[C@@H]1CC[C@@H]2CN1C(=O)N2OS(=O)(=O)[O-].CCCC[N+](CCCC)(CCCC)CCCC. The van der Waals surface area contributed by atoms with Gasteiger partial charge in [-0.1, -0.05) is 97.6 Å². The summed E-state index contributed by atoms with van der Waals surface area (Å²) in [6, 6.07) is 4.24. The third kappa shape index (κ3) is 28.1. The number of quaternary nitrogens is 1. The molecular weight excluding hydrogens is 1460 g/mol. The Labute approximate surface area is 657 Å². The zero-order valence-corrected chi connectivity index (χ0v) is 69.4. The molecule has 632 valence electrons. The first-order chi connectivity index (χ1) is 52.5. The van der Waals surface area contributed by atoms with E-state index in [2.05, 4.69) is 48.4 Å². The molecule has 34 nitrogen and oxygen atoms in total.